The van der Waals surface area contributed by atoms with Gasteiger partial charge in [0, 0.05) is 24.5 Å². The van der Waals surface area contributed by atoms with Crippen LogP contribution in [0.25, 0.3) is 0 Å². The average molecular weight is 995 g/mol. The fourth-order valence-corrected chi connectivity index (χ4v) is 9.79. The second-order valence-corrected chi connectivity index (χ2v) is 18.5. The quantitative estimate of drug-likeness (QED) is 0.0650. The van der Waals surface area contributed by atoms with Crippen molar-refractivity contribution in [3.8, 4) is 17.6 Å². The number of rotatable bonds is 22. The zero-order chi connectivity index (χ0) is 50.8. The van der Waals surface area contributed by atoms with Crippen LogP contribution in [0, 0.1) is 17.2 Å². The minimum atomic E-state index is -5.16. The smallest absolute Gasteiger partial charge is 0.471 e. The number of ether oxygens (including phenoxy) is 5. The number of nitriles is 1. The molecule has 3 aromatic rings. The SMILES string of the molecule is COc1ccc(C(OC[C@H]2O[C@@H](N3C=NC4C(=O)NC(=NC(=O)C(C)C)N=C43)[C@H](OCCNC(=O)C(F)(F)F)[C@@H]2OP(OCCC#N)N(C(C)C)C(C)C)(c2ccccc2)c2ccc(OC)cc2)cc1. The Kier molecular flexibility index (Phi) is 18.2. The predicted octanol–water partition coefficient (Wildman–Crippen LogP) is 6.24. The van der Waals surface area contributed by atoms with Crippen LogP contribution in [0.2, 0.25) is 0 Å². The number of halogens is 3. The van der Waals surface area contributed by atoms with E-state index in [2.05, 4.69) is 26.4 Å². The second-order valence-electron chi connectivity index (χ2n) is 17.0. The number of aliphatic imine (C=N–C) groups is 3. The van der Waals surface area contributed by atoms with Gasteiger partial charge >= 0.3 is 12.1 Å². The normalized spacial score (nSPS) is 21.3. The van der Waals surface area contributed by atoms with Crippen LogP contribution in [-0.2, 0) is 43.2 Å². The van der Waals surface area contributed by atoms with E-state index in [4.69, 9.17) is 32.7 Å². The molecule has 3 aromatic carbocycles. The summed E-state index contributed by atoms with van der Waals surface area (Å²) in [7, 11) is 1.06. The number of nitrogens with zero attached hydrogens (tertiary/aromatic N) is 6. The number of hydrogen-bond donors (Lipinski definition) is 2. The molecule has 2 unspecified atom stereocenters. The molecule has 3 aliphatic rings. The third-order valence-corrected chi connectivity index (χ3v) is 13.4. The molecule has 3 amide bonds. The molecule has 0 radical (unpaired) electrons. The van der Waals surface area contributed by atoms with Gasteiger partial charge in [-0.3, -0.25) is 29.6 Å². The van der Waals surface area contributed by atoms with Crippen LogP contribution in [0.3, 0.4) is 0 Å². The van der Waals surface area contributed by atoms with Gasteiger partial charge in [0.15, 0.2) is 18.1 Å². The number of guanidine groups is 1. The van der Waals surface area contributed by atoms with Gasteiger partial charge in [-0.05, 0) is 68.7 Å². The van der Waals surface area contributed by atoms with Gasteiger partial charge < -0.3 is 38.0 Å². The lowest BCUT2D eigenvalue weighted by atomic mass is 9.80. The van der Waals surface area contributed by atoms with Crippen LogP contribution in [0.4, 0.5) is 13.2 Å². The number of fused-ring (bicyclic) bond motifs is 1. The van der Waals surface area contributed by atoms with E-state index in [-0.39, 0.29) is 43.5 Å². The first-order valence-electron chi connectivity index (χ1n) is 22.6. The third kappa shape index (κ3) is 12.4. The maximum absolute atomic E-state index is 13.5. The van der Waals surface area contributed by atoms with E-state index in [1.165, 1.54) is 11.2 Å². The molecule has 1 fully saturated rings. The van der Waals surface area contributed by atoms with Crippen molar-refractivity contribution in [1.29, 1.82) is 5.26 Å². The molecule has 3 aliphatic heterocycles. The lowest BCUT2D eigenvalue weighted by Gasteiger charge is -2.39. The monoisotopic (exact) mass is 994 g/mol. The number of amides is 3. The van der Waals surface area contributed by atoms with E-state index in [1.54, 1.807) is 28.1 Å². The number of alkyl halides is 3. The van der Waals surface area contributed by atoms with Crippen LogP contribution in [0.5, 0.6) is 11.5 Å². The summed E-state index contributed by atoms with van der Waals surface area (Å²) in [5.74, 6) is -2.95. The van der Waals surface area contributed by atoms with Gasteiger partial charge in [-0.2, -0.15) is 28.4 Å². The summed E-state index contributed by atoms with van der Waals surface area (Å²) in [6.07, 6.45) is -8.70. The number of methoxy groups -OCH3 is 2. The molecule has 0 bridgehead atoms. The molecule has 376 valence electrons. The second kappa shape index (κ2) is 23.8. The first-order valence-corrected chi connectivity index (χ1v) is 23.8. The fraction of sp³-hybridized carbons (Fsp3) is 0.479. The first kappa shape index (κ1) is 53.5. The van der Waals surface area contributed by atoms with Crippen molar-refractivity contribution in [2.24, 2.45) is 20.9 Å². The molecule has 3 heterocycles. The standard InChI is InChI=1S/C48H58F3N8O10P/c1-29(2)42(60)56-46-55-41-38(43(61)57-46)54-28-58(41)44-40(65-26-24-53-45(62)48(49,50)51)39(69-70(67-25-12-23-52)59(30(3)4)31(5)6)37(68-44)27-66-47(32-13-10-9-11-14-32,33-15-19-35(63-7)20-16-33)34-17-21-36(64-8)22-18-34/h9-11,13-22,28-31,37-40,44H,12,24-27H2,1-8H3,(H,53,62)(H,56,57,60,61)/t37-,38?,39-,40-,44-,70?/m1/s1. The van der Waals surface area contributed by atoms with Gasteiger partial charge in [0.25, 0.3) is 20.3 Å². The van der Waals surface area contributed by atoms with E-state index in [0.29, 0.717) is 22.6 Å². The van der Waals surface area contributed by atoms with Crippen LogP contribution in [0.15, 0.2) is 93.8 Å². The molecule has 1 saturated heterocycles. The highest BCUT2D eigenvalue weighted by molar-refractivity contribution is 7.44. The molecule has 0 aliphatic carbocycles. The summed E-state index contributed by atoms with van der Waals surface area (Å²) >= 11 is 0. The van der Waals surface area contributed by atoms with Gasteiger partial charge in [-0.15, -0.1) is 0 Å². The Morgan fingerprint density at radius 3 is 2.06 bits per heavy atom. The highest BCUT2D eigenvalue weighted by Gasteiger charge is 2.55. The number of carbonyl (C=O) groups is 3. The van der Waals surface area contributed by atoms with Crippen LogP contribution in [0.1, 0.15) is 64.7 Å². The molecular formula is C48H58F3N8O10P. The molecule has 0 saturated carbocycles. The minimum absolute atomic E-state index is 0.0111. The maximum atomic E-state index is 13.5. The minimum Gasteiger partial charge on any atom is -0.497 e. The van der Waals surface area contributed by atoms with Crippen molar-refractivity contribution in [3.63, 3.8) is 0 Å². The van der Waals surface area contributed by atoms with Crippen LogP contribution < -0.4 is 20.1 Å². The van der Waals surface area contributed by atoms with E-state index in [1.807, 2.05) is 117 Å². The van der Waals surface area contributed by atoms with E-state index >= 15 is 0 Å². The largest absolute Gasteiger partial charge is 0.497 e. The number of nitrogens with one attached hydrogen (secondary N) is 2. The highest BCUT2D eigenvalue weighted by Crippen LogP contribution is 2.51. The maximum Gasteiger partial charge on any atom is 0.471 e. The Labute approximate surface area is 406 Å². The van der Waals surface area contributed by atoms with Crippen molar-refractivity contribution >= 4 is 44.4 Å². The zero-order valence-corrected chi connectivity index (χ0v) is 41.0. The predicted molar refractivity (Wildman–Crippen MR) is 253 cm³/mol. The Hall–Kier alpha value is -5.85. The molecular weight excluding hydrogens is 937 g/mol. The van der Waals surface area contributed by atoms with Crippen molar-refractivity contribution in [2.45, 2.75) is 102 Å². The van der Waals surface area contributed by atoms with E-state index < -0.39 is 87.7 Å². The zero-order valence-electron chi connectivity index (χ0n) is 40.1. The summed E-state index contributed by atoms with van der Waals surface area (Å²) in [5.41, 5.74) is 0.730. The van der Waals surface area contributed by atoms with Gasteiger partial charge in [0.1, 0.15) is 35.4 Å². The summed E-state index contributed by atoms with van der Waals surface area (Å²) in [6, 6.07) is 24.8. The van der Waals surface area contributed by atoms with Crippen molar-refractivity contribution < 1.29 is 60.3 Å². The van der Waals surface area contributed by atoms with Gasteiger partial charge in [-0.25, -0.2) is 4.67 Å². The third-order valence-electron chi connectivity index (χ3n) is 11.3. The van der Waals surface area contributed by atoms with Crippen molar-refractivity contribution in [3.05, 3.63) is 95.6 Å². The molecule has 0 spiro atoms. The number of carbonyl (C=O) groups excluding carboxylic acids is 3. The van der Waals surface area contributed by atoms with Gasteiger partial charge in [0.2, 0.25) is 5.96 Å². The van der Waals surface area contributed by atoms with E-state index in [0.717, 1.165) is 5.56 Å². The lowest BCUT2D eigenvalue weighted by molar-refractivity contribution is -0.174. The van der Waals surface area contributed by atoms with Crippen LogP contribution in [-0.4, -0.2) is 135 Å². The van der Waals surface area contributed by atoms with E-state index in [9.17, 15) is 32.8 Å². The Morgan fingerprint density at radius 1 is 0.914 bits per heavy atom. The molecule has 18 nitrogen and oxygen atoms in total. The van der Waals surface area contributed by atoms with Gasteiger partial charge in [-0.1, -0.05) is 68.4 Å². The van der Waals surface area contributed by atoms with Crippen LogP contribution >= 0.6 is 8.53 Å². The fourth-order valence-electron chi connectivity index (χ4n) is 8.02. The summed E-state index contributed by atoms with van der Waals surface area (Å²) < 4.78 is 87.3. The number of amidine groups is 1. The summed E-state index contributed by atoms with van der Waals surface area (Å²) in [5, 5.41) is 13.9. The van der Waals surface area contributed by atoms with Crippen molar-refractivity contribution in [1.82, 2.24) is 20.2 Å². The Balaban J connectivity index is 1.52. The average Bonchev–Trinajstić information content (AvgIpc) is 3.91. The Bertz CT molecular complexity index is 2350. The lowest BCUT2D eigenvalue weighted by Crippen LogP contribution is -2.54. The first-order chi connectivity index (χ1) is 33.4. The topological polar surface area (TPSA) is 207 Å². The molecule has 70 heavy (non-hydrogen) atoms. The molecule has 22 heteroatoms. The number of hydrogen-bond acceptors (Lipinski definition) is 14. The highest BCUT2D eigenvalue weighted by atomic mass is 31.2. The summed E-state index contributed by atoms with van der Waals surface area (Å²) in [6.45, 7) is 9.75. The molecule has 6 rings (SSSR count). The number of benzene rings is 3. The molecule has 0 aromatic heterocycles. The Morgan fingerprint density at radius 2 is 1.51 bits per heavy atom. The molecule has 2 N–H and O–H groups in total. The van der Waals surface area contributed by atoms with Crippen molar-refractivity contribution in [2.75, 3.05) is 40.6 Å². The van der Waals surface area contributed by atoms with Gasteiger partial charge in [0.05, 0.1) is 52.9 Å². The molecule has 6 atom stereocenters. The summed E-state index contributed by atoms with van der Waals surface area (Å²) in [4.78, 5) is 52.6.